The summed E-state index contributed by atoms with van der Waals surface area (Å²) in [7, 11) is 0. The molecule has 0 saturated heterocycles. The number of halogens is 2. The standard InChI is InChI=1S/C27H17Cl2N5OS/c28-21-11-10-18(23(29)13-21)15-34-16-20(22-8-4-5-9-24(22)34)12-19(14-30)26-32-33-27(36-26)31-25(35)17-6-2-1-3-7-17/h1-13,16H,15H2,(H,31,33,35). The normalized spacial score (nSPS) is 11.4. The quantitative estimate of drug-likeness (QED) is 0.236. The maximum absolute atomic E-state index is 12.4. The molecule has 0 bridgehead atoms. The van der Waals surface area contributed by atoms with Gasteiger partial charge in [-0.25, -0.2) is 0 Å². The summed E-state index contributed by atoms with van der Waals surface area (Å²) < 4.78 is 2.08. The molecule has 5 rings (SSSR count). The first-order valence-corrected chi connectivity index (χ1v) is 12.4. The molecule has 0 aliphatic heterocycles. The SMILES string of the molecule is N#CC(=Cc1cn(Cc2ccc(Cl)cc2Cl)c2ccccc12)c1nnc(NC(=O)c2ccccc2)s1. The average Bonchev–Trinajstić information content (AvgIpc) is 3.49. The van der Waals surface area contributed by atoms with Crippen LogP contribution in [-0.4, -0.2) is 20.7 Å². The molecule has 1 N–H and O–H groups in total. The minimum Gasteiger partial charge on any atom is -0.342 e. The lowest BCUT2D eigenvalue weighted by atomic mass is 10.1. The lowest BCUT2D eigenvalue weighted by Gasteiger charge is -2.08. The number of benzene rings is 3. The van der Waals surface area contributed by atoms with E-state index >= 15 is 0 Å². The van der Waals surface area contributed by atoms with Gasteiger partial charge in [-0.2, -0.15) is 5.26 Å². The number of hydrogen-bond acceptors (Lipinski definition) is 5. The van der Waals surface area contributed by atoms with Gasteiger partial charge in [0.05, 0.1) is 5.57 Å². The lowest BCUT2D eigenvalue weighted by molar-refractivity contribution is 0.102. The molecule has 0 radical (unpaired) electrons. The van der Waals surface area contributed by atoms with Gasteiger partial charge in [0.1, 0.15) is 6.07 Å². The van der Waals surface area contributed by atoms with Crippen molar-refractivity contribution in [3.05, 3.63) is 111 Å². The van der Waals surface area contributed by atoms with Gasteiger partial charge >= 0.3 is 0 Å². The Morgan fingerprint density at radius 2 is 1.83 bits per heavy atom. The predicted octanol–water partition coefficient (Wildman–Crippen LogP) is 7.16. The number of carbonyl (C=O) groups is 1. The van der Waals surface area contributed by atoms with Gasteiger partial charge in [-0.05, 0) is 42.0 Å². The van der Waals surface area contributed by atoms with Crippen LogP contribution in [0.15, 0.2) is 79.0 Å². The first kappa shape index (κ1) is 23.8. The Hall–Kier alpha value is -3.96. The van der Waals surface area contributed by atoms with E-state index < -0.39 is 0 Å². The van der Waals surface area contributed by atoms with Crippen molar-refractivity contribution in [1.82, 2.24) is 14.8 Å². The number of amides is 1. The van der Waals surface area contributed by atoms with E-state index in [2.05, 4.69) is 26.2 Å². The smallest absolute Gasteiger partial charge is 0.257 e. The predicted molar refractivity (Wildman–Crippen MR) is 145 cm³/mol. The summed E-state index contributed by atoms with van der Waals surface area (Å²) in [6.07, 6.45) is 3.76. The first-order valence-electron chi connectivity index (χ1n) is 10.9. The zero-order valence-electron chi connectivity index (χ0n) is 18.7. The van der Waals surface area contributed by atoms with Crippen molar-refractivity contribution < 1.29 is 4.79 Å². The molecule has 2 aromatic heterocycles. The number of rotatable bonds is 6. The van der Waals surface area contributed by atoms with E-state index in [-0.39, 0.29) is 5.91 Å². The van der Waals surface area contributed by atoms with Crippen LogP contribution in [0.1, 0.15) is 26.5 Å². The van der Waals surface area contributed by atoms with E-state index in [1.165, 1.54) is 0 Å². The lowest BCUT2D eigenvalue weighted by Crippen LogP contribution is -2.11. The van der Waals surface area contributed by atoms with Gasteiger partial charge in [0, 0.05) is 44.8 Å². The number of aromatic nitrogens is 3. The highest BCUT2D eigenvalue weighted by Crippen LogP contribution is 2.30. The number of nitrogens with zero attached hydrogens (tertiary/aromatic N) is 4. The molecule has 176 valence electrons. The van der Waals surface area contributed by atoms with Crippen LogP contribution < -0.4 is 5.32 Å². The first-order chi connectivity index (χ1) is 17.5. The Kier molecular flexibility index (Phi) is 6.83. The highest BCUT2D eigenvalue weighted by atomic mass is 35.5. The number of nitriles is 1. The van der Waals surface area contributed by atoms with E-state index in [1.807, 2.05) is 48.7 Å². The molecule has 0 unspecified atom stereocenters. The summed E-state index contributed by atoms with van der Waals surface area (Å²) in [5.74, 6) is -0.287. The zero-order valence-corrected chi connectivity index (χ0v) is 21.0. The second-order valence-electron chi connectivity index (χ2n) is 7.87. The van der Waals surface area contributed by atoms with Crippen LogP contribution in [0.5, 0.6) is 0 Å². The van der Waals surface area contributed by atoms with E-state index in [0.29, 0.717) is 37.9 Å². The van der Waals surface area contributed by atoms with Crippen molar-refractivity contribution >= 4 is 68.1 Å². The second kappa shape index (κ2) is 10.3. The molecule has 1 amide bonds. The largest absolute Gasteiger partial charge is 0.342 e. The van der Waals surface area contributed by atoms with E-state index in [4.69, 9.17) is 23.2 Å². The molecule has 0 atom stereocenters. The van der Waals surface area contributed by atoms with Crippen molar-refractivity contribution in [2.75, 3.05) is 5.32 Å². The highest BCUT2D eigenvalue weighted by molar-refractivity contribution is 7.16. The molecular formula is C27H17Cl2N5OS. The summed E-state index contributed by atoms with van der Waals surface area (Å²) in [5.41, 5.74) is 3.65. The molecule has 0 saturated carbocycles. The van der Waals surface area contributed by atoms with Gasteiger partial charge in [0.15, 0.2) is 5.01 Å². The number of hydrogen-bond donors (Lipinski definition) is 1. The highest BCUT2D eigenvalue weighted by Gasteiger charge is 2.15. The number of fused-ring (bicyclic) bond motifs is 1. The monoisotopic (exact) mass is 529 g/mol. The Morgan fingerprint density at radius 1 is 1.06 bits per heavy atom. The van der Waals surface area contributed by atoms with Crippen LogP contribution in [-0.2, 0) is 6.54 Å². The van der Waals surface area contributed by atoms with Crippen molar-refractivity contribution in [1.29, 1.82) is 5.26 Å². The Morgan fingerprint density at radius 3 is 2.61 bits per heavy atom. The third-order valence-electron chi connectivity index (χ3n) is 5.51. The number of allylic oxidation sites excluding steroid dienone is 1. The zero-order chi connectivity index (χ0) is 25.1. The third kappa shape index (κ3) is 5.02. The maximum atomic E-state index is 12.4. The number of para-hydroxylation sites is 1. The van der Waals surface area contributed by atoms with Gasteiger partial charge in [-0.3, -0.25) is 10.1 Å². The Bertz CT molecular complexity index is 1650. The van der Waals surface area contributed by atoms with E-state index in [0.717, 1.165) is 33.4 Å². The molecule has 0 aliphatic carbocycles. The maximum Gasteiger partial charge on any atom is 0.257 e. The minimum absolute atomic E-state index is 0.287. The molecule has 6 nitrogen and oxygen atoms in total. The van der Waals surface area contributed by atoms with Gasteiger partial charge < -0.3 is 4.57 Å². The Labute approximate surface area is 221 Å². The van der Waals surface area contributed by atoms with Crippen LogP contribution >= 0.6 is 34.5 Å². The van der Waals surface area contributed by atoms with E-state index in [1.54, 1.807) is 36.4 Å². The van der Waals surface area contributed by atoms with Crippen LogP contribution in [0.4, 0.5) is 5.13 Å². The molecule has 0 aliphatic rings. The fraction of sp³-hybridized carbons (Fsp3) is 0.0370. The number of anilines is 1. The summed E-state index contributed by atoms with van der Waals surface area (Å²) in [6, 6.07) is 24.4. The van der Waals surface area contributed by atoms with Crippen molar-refractivity contribution in [3.63, 3.8) is 0 Å². The molecule has 36 heavy (non-hydrogen) atoms. The van der Waals surface area contributed by atoms with Crippen molar-refractivity contribution in [2.45, 2.75) is 6.54 Å². The molecule has 0 fully saturated rings. The van der Waals surface area contributed by atoms with Crippen LogP contribution in [0.25, 0.3) is 22.6 Å². The molecule has 5 aromatic rings. The van der Waals surface area contributed by atoms with Gasteiger partial charge in [-0.1, -0.05) is 77.0 Å². The van der Waals surface area contributed by atoms with Crippen LogP contribution in [0.3, 0.4) is 0 Å². The Balaban J connectivity index is 1.45. The topological polar surface area (TPSA) is 83.6 Å². The van der Waals surface area contributed by atoms with E-state index in [9.17, 15) is 10.1 Å². The summed E-state index contributed by atoms with van der Waals surface area (Å²) in [4.78, 5) is 12.4. The third-order valence-corrected chi connectivity index (χ3v) is 6.97. The summed E-state index contributed by atoms with van der Waals surface area (Å²) in [5, 5.41) is 23.7. The van der Waals surface area contributed by atoms with Crippen molar-refractivity contribution in [2.24, 2.45) is 0 Å². The second-order valence-corrected chi connectivity index (χ2v) is 9.69. The van der Waals surface area contributed by atoms with Crippen LogP contribution in [0, 0.1) is 11.3 Å². The molecule has 9 heteroatoms. The van der Waals surface area contributed by atoms with Crippen molar-refractivity contribution in [3.8, 4) is 6.07 Å². The van der Waals surface area contributed by atoms with Gasteiger partial charge in [0.2, 0.25) is 5.13 Å². The molecule has 2 heterocycles. The fourth-order valence-corrected chi connectivity index (χ4v) is 4.97. The number of nitrogens with one attached hydrogen (secondary N) is 1. The molecular weight excluding hydrogens is 513 g/mol. The van der Waals surface area contributed by atoms with Crippen LogP contribution in [0.2, 0.25) is 10.0 Å². The summed E-state index contributed by atoms with van der Waals surface area (Å²) in [6.45, 7) is 0.542. The molecule has 3 aromatic carbocycles. The van der Waals surface area contributed by atoms with Gasteiger partial charge in [0.25, 0.3) is 5.91 Å². The molecule has 0 spiro atoms. The summed E-state index contributed by atoms with van der Waals surface area (Å²) >= 11 is 13.6. The fourth-order valence-electron chi connectivity index (χ4n) is 3.79. The average molecular weight is 530 g/mol. The number of carbonyl (C=O) groups excluding carboxylic acids is 1. The van der Waals surface area contributed by atoms with Gasteiger partial charge in [-0.15, -0.1) is 10.2 Å². The minimum atomic E-state index is -0.287.